The number of carbonyl (C=O) groups is 1. The third-order valence-electron chi connectivity index (χ3n) is 2.51. The fourth-order valence-electron chi connectivity index (χ4n) is 1.63. The summed E-state index contributed by atoms with van der Waals surface area (Å²) in [4.78, 5) is 29.8. The highest BCUT2D eigenvalue weighted by molar-refractivity contribution is 7.99. The largest absolute Gasteiger partial charge is 0.324 e. The maximum absolute atomic E-state index is 11.9. The Bertz CT molecular complexity index is 764. The van der Waals surface area contributed by atoms with Crippen molar-refractivity contribution >= 4 is 23.4 Å². The molecule has 0 fully saturated rings. The van der Waals surface area contributed by atoms with E-state index in [1.165, 1.54) is 6.07 Å². The molecule has 21 heavy (non-hydrogen) atoms. The predicted octanol–water partition coefficient (Wildman–Crippen LogP) is 1.68. The molecule has 0 unspecified atom stereocenters. The van der Waals surface area contributed by atoms with Crippen LogP contribution in [0.4, 0.5) is 5.69 Å². The first-order valence-electron chi connectivity index (χ1n) is 6.08. The Kier molecular flexibility index (Phi) is 4.74. The van der Waals surface area contributed by atoms with Gasteiger partial charge in [-0.05, 0) is 19.1 Å². The van der Waals surface area contributed by atoms with Crippen LogP contribution in [0.1, 0.15) is 11.3 Å². The molecule has 1 aromatic heterocycles. The number of rotatable bonds is 4. The number of anilines is 1. The first kappa shape index (κ1) is 14.8. The standard InChI is InChI=1S/C14H12N4O2S/c1-9-6-12(19)18-14(16-9)21-8-13(20)17-11-5-3-2-4-10(11)7-15/h2-6H,8H2,1H3,(H,17,20)(H,16,18,19). The summed E-state index contributed by atoms with van der Waals surface area (Å²) in [6.45, 7) is 1.71. The van der Waals surface area contributed by atoms with Crippen LogP contribution in [0.5, 0.6) is 0 Å². The van der Waals surface area contributed by atoms with Gasteiger partial charge < -0.3 is 10.3 Å². The van der Waals surface area contributed by atoms with E-state index in [0.29, 0.717) is 22.1 Å². The minimum absolute atomic E-state index is 0.0894. The van der Waals surface area contributed by atoms with Crippen LogP contribution >= 0.6 is 11.8 Å². The summed E-state index contributed by atoms with van der Waals surface area (Å²) in [6.07, 6.45) is 0. The zero-order chi connectivity index (χ0) is 15.2. The molecule has 6 nitrogen and oxygen atoms in total. The Balaban J connectivity index is 1.99. The quantitative estimate of drug-likeness (QED) is 0.661. The van der Waals surface area contributed by atoms with Crippen LogP contribution < -0.4 is 10.9 Å². The van der Waals surface area contributed by atoms with Gasteiger partial charge in [0, 0.05) is 11.8 Å². The van der Waals surface area contributed by atoms with Gasteiger partial charge in [0.1, 0.15) is 6.07 Å². The molecule has 0 aliphatic rings. The van der Waals surface area contributed by atoms with Gasteiger partial charge in [0.15, 0.2) is 5.16 Å². The van der Waals surface area contributed by atoms with Gasteiger partial charge in [-0.2, -0.15) is 5.26 Å². The Hall–Kier alpha value is -2.59. The molecule has 0 bridgehead atoms. The van der Waals surface area contributed by atoms with Gasteiger partial charge in [-0.1, -0.05) is 23.9 Å². The van der Waals surface area contributed by atoms with E-state index in [2.05, 4.69) is 15.3 Å². The van der Waals surface area contributed by atoms with E-state index < -0.39 is 0 Å². The van der Waals surface area contributed by atoms with Crippen molar-refractivity contribution in [2.24, 2.45) is 0 Å². The summed E-state index contributed by atoms with van der Waals surface area (Å²) >= 11 is 1.13. The van der Waals surface area contributed by atoms with Gasteiger partial charge in [-0.25, -0.2) is 4.98 Å². The Labute approximate surface area is 125 Å². The smallest absolute Gasteiger partial charge is 0.251 e. The van der Waals surface area contributed by atoms with Crippen molar-refractivity contribution in [3.63, 3.8) is 0 Å². The molecule has 0 spiro atoms. The number of aryl methyl sites for hydroxylation is 1. The van der Waals surface area contributed by atoms with Gasteiger partial charge in [-0.3, -0.25) is 9.59 Å². The van der Waals surface area contributed by atoms with Crippen LogP contribution in [-0.2, 0) is 4.79 Å². The van der Waals surface area contributed by atoms with E-state index in [0.717, 1.165) is 11.8 Å². The monoisotopic (exact) mass is 300 g/mol. The predicted molar refractivity (Wildman–Crippen MR) is 80.1 cm³/mol. The number of aromatic nitrogens is 2. The number of para-hydroxylation sites is 1. The number of nitriles is 1. The fraction of sp³-hybridized carbons (Fsp3) is 0.143. The van der Waals surface area contributed by atoms with Gasteiger partial charge in [-0.15, -0.1) is 0 Å². The first-order valence-corrected chi connectivity index (χ1v) is 7.07. The summed E-state index contributed by atoms with van der Waals surface area (Å²) in [5.74, 6) is -0.182. The average Bonchev–Trinajstić information content (AvgIpc) is 2.45. The maximum Gasteiger partial charge on any atom is 0.251 e. The molecule has 0 radical (unpaired) electrons. The number of nitrogens with one attached hydrogen (secondary N) is 2. The van der Waals surface area contributed by atoms with Crippen molar-refractivity contribution in [3.8, 4) is 6.07 Å². The van der Waals surface area contributed by atoms with Crippen LogP contribution in [0, 0.1) is 18.3 Å². The van der Waals surface area contributed by atoms with Crippen molar-refractivity contribution in [1.82, 2.24) is 9.97 Å². The fourth-order valence-corrected chi connectivity index (χ4v) is 2.35. The van der Waals surface area contributed by atoms with Crippen LogP contribution in [-0.4, -0.2) is 21.6 Å². The van der Waals surface area contributed by atoms with E-state index in [4.69, 9.17) is 5.26 Å². The normalized spacial score (nSPS) is 9.90. The molecule has 0 aliphatic carbocycles. The second kappa shape index (κ2) is 6.72. The summed E-state index contributed by atoms with van der Waals surface area (Å²) < 4.78 is 0. The molecular formula is C14H12N4O2S. The van der Waals surface area contributed by atoms with Crippen molar-refractivity contribution in [1.29, 1.82) is 5.26 Å². The zero-order valence-electron chi connectivity index (χ0n) is 11.2. The van der Waals surface area contributed by atoms with E-state index in [-0.39, 0.29) is 17.2 Å². The molecule has 1 aromatic carbocycles. The van der Waals surface area contributed by atoms with Crippen LogP contribution in [0.25, 0.3) is 0 Å². The van der Waals surface area contributed by atoms with E-state index in [1.807, 2.05) is 6.07 Å². The van der Waals surface area contributed by atoms with Crippen molar-refractivity contribution < 1.29 is 4.79 Å². The summed E-state index contributed by atoms with van der Waals surface area (Å²) in [7, 11) is 0. The van der Waals surface area contributed by atoms with Crippen molar-refractivity contribution in [2.75, 3.05) is 11.1 Å². The number of hydrogen-bond donors (Lipinski definition) is 2. The number of amides is 1. The number of hydrogen-bond acceptors (Lipinski definition) is 5. The van der Waals surface area contributed by atoms with Crippen LogP contribution in [0.3, 0.4) is 0 Å². The highest BCUT2D eigenvalue weighted by Gasteiger charge is 2.08. The van der Waals surface area contributed by atoms with E-state index >= 15 is 0 Å². The van der Waals surface area contributed by atoms with Crippen LogP contribution in [0.2, 0.25) is 0 Å². The number of aromatic amines is 1. The Morgan fingerprint density at radius 1 is 1.48 bits per heavy atom. The molecule has 1 amide bonds. The molecule has 2 N–H and O–H groups in total. The summed E-state index contributed by atoms with van der Waals surface area (Å²) in [5, 5.41) is 12.0. The second-order valence-electron chi connectivity index (χ2n) is 4.19. The second-order valence-corrected chi connectivity index (χ2v) is 5.15. The lowest BCUT2D eigenvalue weighted by Crippen LogP contribution is -2.16. The van der Waals surface area contributed by atoms with Crippen molar-refractivity contribution in [3.05, 3.63) is 51.9 Å². The average molecular weight is 300 g/mol. The van der Waals surface area contributed by atoms with E-state index in [1.54, 1.807) is 31.2 Å². The number of carbonyl (C=O) groups excluding carboxylic acids is 1. The molecule has 0 atom stereocenters. The minimum Gasteiger partial charge on any atom is -0.324 e. The van der Waals surface area contributed by atoms with Gasteiger partial charge in [0.25, 0.3) is 5.56 Å². The number of benzene rings is 1. The SMILES string of the molecule is Cc1cc(=O)[nH]c(SCC(=O)Nc2ccccc2C#N)n1. The summed E-state index contributed by atoms with van der Waals surface area (Å²) in [6, 6.07) is 10.1. The maximum atomic E-state index is 11.9. The molecule has 0 saturated heterocycles. The number of nitrogens with zero attached hydrogens (tertiary/aromatic N) is 2. The number of thioether (sulfide) groups is 1. The van der Waals surface area contributed by atoms with Crippen molar-refractivity contribution in [2.45, 2.75) is 12.1 Å². The molecular weight excluding hydrogens is 288 g/mol. The minimum atomic E-state index is -0.271. The lowest BCUT2D eigenvalue weighted by atomic mass is 10.2. The topological polar surface area (TPSA) is 98.6 Å². The third-order valence-corrected chi connectivity index (χ3v) is 3.38. The van der Waals surface area contributed by atoms with Crippen LogP contribution in [0.15, 0.2) is 40.3 Å². The first-order chi connectivity index (χ1) is 10.1. The number of H-pyrrole nitrogens is 1. The van der Waals surface area contributed by atoms with Gasteiger partial charge >= 0.3 is 0 Å². The van der Waals surface area contributed by atoms with Gasteiger partial charge in [0.2, 0.25) is 5.91 Å². The molecule has 0 saturated carbocycles. The Morgan fingerprint density at radius 3 is 2.95 bits per heavy atom. The molecule has 106 valence electrons. The highest BCUT2D eigenvalue weighted by atomic mass is 32.2. The lowest BCUT2D eigenvalue weighted by Gasteiger charge is -2.06. The zero-order valence-corrected chi connectivity index (χ0v) is 12.0. The molecule has 0 aliphatic heterocycles. The lowest BCUT2D eigenvalue weighted by molar-refractivity contribution is -0.113. The molecule has 7 heteroatoms. The van der Waals surface area contributed by atoms with Gasteiger partial charge in [0.05, 0.1) is 17.0 Å². The molecule has 2 aromatic rings. The highest BCUT2D eigenvalue weighted by Crippen LogP contribution is 2.15. The van der Waals surface area contributed by atoms with E-state index in [9.17, 15) is 9.59 Å². The molecule has 2 rings (SSSR count). The summed E-state index contributed by atoms with van der Waals surface area (Å²) in [5.41, 5.74) is 1.21. The third kappa shape index (κ3) is 4.19. The Morgan fingerprint density at radius 2 is 2.24 bits per heavy atom. The molecule has 1 heterocycles.